The first-order chi connectivity index (χ1) is 8.24. The lowest BCUT2D eigenvalue weighted by Gasteiger charge is -2.09. The van der Waals surface area contributed by atoms with Gasteiger partial charge in [0.2, 0.25) is 0 Å². The van der Waals surface area contributed by atoms with Crippen molar-refractivity contribution in [3.05, 3.63) is 54.2 Å². The van der Waals surface area contributed by atoms with Crippen LogP contribution in [0.2, 0.25) is 0 Å². The van der Waals surface area contributed by atoms with E-state index in [0.717, 1.165) is 5.56 Å². The maximum absolute atomic E-state index is 12.9. The summed E-state index contributed by atoms with van der Waals surface area (Å²) >= 11 is 5.08. The van der Waals surface area contributed by atoms with Gasteiger partial charge in [-0.15, -0.1) is 0 Å². The van der Waals surface area contributed by atoms with Crippen LogP contribution in [0.25, 0.3) is 0 Å². The smallest absolute Gasteiger partial charge is 0.171 e. The second-order valence-corrected chi connectivity index (χ2v) is 3.86. The molecule has 0 fully saturated rings. The van der Waals surface area contributed by atoms with E-state index in [0.29, 0.717) is 17.3 Å². The van der Waals surface area contributed by atoms with Crippen molar-refractivity contribution >= 4 is 23.0 Å². The van der Waals surface area contributed by atoms with Gasteiger partial charge in [-0.2, -0.15) is 0 Å². The number of hydrogen-bond acceptors (Lipinski definition) is 2. The fourth-order valence-electron chi connectivity index (χ4n) is 1.32. The van der Waals surface area contributed by atoms with Crippen LogP contribution in [-0.4, -0.2) is 5.11 Å². The molecule has 88 valence electrons. The summed E-state index contributed by atoms with van der Waals surface area (Å²) < 4.78 is 17.8. The van der Waals surface area contributed by atoms with Crippen LogP contribution in [0.5, 0.6) is 0 Å². The van der Waals surface area contributed by atoms with Crippen LogP contribution in [0.3, 0.4) is 0 Å². The number of thiocarbonyl (C=S) groups is 1. The summed E-state index contributed by atoms with van der Waals surface area (Å²) in [6.45, 7) is 0.567. The number of anilines is 1. The molecule has 0 amide bonds. The fourth-order valence-corrected chi connectivity index (χ4v) is 1.51. The summed E-state index contributed by atoms with van der Waals surface area (Å²) in [6, 6.07) is 7.97. The molecule has 0 spiro atoms. The Kier molecular flexibility index (Phi) is 3.72. The molecule has 0 aliphatic heterocycles. The zero-order valence-electron chi connectivity index (χ0n) is 8.94. The number of nitrogens with one attached hydrogen (secondary N) is 2. The summed E-state index contributed by atoms with van der Waals surface area (Å²) in [5.74, 6) is -0.298. The Morgan fingerprint density at radius 2 is 2.24 bits per heavy atom. The Balaban J connectivity index is 1.85. The van der Waals surface area contributed by atoms with Crippen molar-refractivity contribution in [2.24, 2.45) is 0 Å². The van der Waals surface area contributed by atoms with Crippen molar-refractivity contribution in [1.82, 2.24) is 5.32 Å². The van der Waals surface area contributed by atoms with E-state index >= 15 is 0 Å². The fraction of sp³-hybridized carbons (Fsp3) is 0.0833. The topological polar surface area (TPSA) is 37.2 Å². The minimum Gasteiger partial charge on any atom is -0.472 e. The Hall–Kier alpha value is -1.88. The van der Waals surface area contributed by atoms with Gasteiger partial charge in [-0.3, -0.25) is 0 Å². The first-order valence-corrected chi connectivity index (χ1v) is 5.46. The Morgan fingerprint density at radius 1 is 1.35 bits per heavy atom. The first kappa shape index (κ1) is 11.6. The van der Waals surface area contributed by atoms with Gasteiger partial charge in [-0.05, 0) is 36.5 Å². The number of halogens is 1. The molecule has 2 aromatic rings. The van der Waals surface area contributed by atoms with Gasteiger partial charge in [0.05, 0.1) is 12.5 Å². The molecule has 2 rings (SSSR count). The zero-order chi connectivity index (χ0) is 12.1. The van der Waals surface area contributed by atoms with Crippen LogP contribution in [0.1, 0.15) is 5.56 Å². The molecule has 0 aliphatic rings. The highest BCUT2D eigenvalue weighted by Crippen LogP contribution is 2.08. The van der Waals surface area contributed by atoms with Crippen molar-refractivity contribution < 1.29 is 8.81 Å². The summed E-state index contributed by atoms with van der Waals surface area (Å²) in [5, 5.41) is 6.33. The quantitative estimate of drug-likeness (QED) is 0.821. The standard InChI is InChI=1S/C12H11FN2OS/c13-10-2-1-3-11(6-10)15-12(17)14-7-9-4-5-16-8-9/h1-6,8H,7H2,(H2,14,15,17). The number of benzene rings is 1. The molecule has 1 aromatic heterocycles. The third kappa shape index (κ3) is 3.57. The van der Waals surface area contributed by atoms with Crippen molar-refractivity contribution in [2.45, 2.75) is 6.54 Å². The highest BCUT2D eigenvalue weighted by Gasteiger charge is 1.99. The average Bonchev–Trinajstić information content (AvgIpc) is 2.79. The van der Waals surface area contributed by atoms with Gasteiger partial charge in [0.25, 0.3) is 0 Å². The molecule has 0 atom stereocenters. The van der Waals surface area contributed by atoms with Crippen LogP contribution in [0, 0.1) is 5.82 Å². The SMILES string of the molecule is Fc1cccc(NC(=S)NCc2ccoc2)c1. The van der Waals surface area contributed by atoms with Crippen molar-refractivity contribution in [3.63, 3.8) is 0 Å². The molecular formula is C12H11FN2OS. The van der Waals surface area contributed by atoms with Crippen LogP contribution in [0.4, 0.5) is 10.1 Å². The van der Waals surface area contributed by atoms with Crippen LogP contribution in [-0.2, 0) is 6.54 Å². The first-order valence-electron chi connectivity index (χ1n) is 5.05. The van der Waals surface area contributed by atoms with E-state index in [1.165, 1.54) is 12.1 Å². The number of rotatable bonds is 3. The molecule has 5 heteroatoms. The summed E-state index contributed by atoms with van der Waals surface area (Å²) in [5.41, 5.74) is 1.61. The van der Waals surface area contributed by atoms with Gasteiger partial charge in [0, 0.05) is 17.8 Å². The second kappa shape index (κ2) is 5.45. The van der Waals surface area contributed by atoms with E-state index < -0.39 is 0 Å². The maximum Gasteiger partial charge on any atom is 0.171 e. The normalized spacial score (nSPS) is 9.94. The summed E-state index contributed by atoms with van der Waals surface area (Å²) in [7, 11) is 0. The number of hydrogen-bond donors (Lipinski definition) is 2. The lowest BCUT2D eigenvalue weighted by atomic mass is 10.3. The number of furan rings is 1. The highest BCUT2D eigenvalue weighted by atomic mass is 32.1. The molecule has 0 radical (unpaired) electrons. The predicted molar refractivity (Wildman–Crippen MR) is 68.2 cm³/mol. The largest absolute Gasteiger partial charge is 0.472 e. The third-order valence-electron chi connectivity index (χ3n) is 2.12. The van der Waals surface area contributed by atoms with Gasteiger partial charge in [-0.1, -0.05) is 6.07 Å². The van der Waals surface area contributed by atoms with Crippen molar-refractivity contribution in [3.8, 4) is 0 Å². The minimum atomic E-state index is -0.298. The molecule has 0 unspecified atom stereocenters. The predicted octanol–water partition coefficient (Wildman–Crippen LogP) is 2.91. The average molecular weight is 250 g/mol. The molecule has 0 saturated carbocycles. The molecule has 1 aromatic carbocycles. The van der Waals surface area contributed by atoms with Gasteiger partial charge >= 0.3 is 0 Å². The van der Waals surface area contributed by atoms with Gasteiger partial charge in [-0.25, -0.2) is 4.39 Å². The minimum absolute atomic E-state index is 0.298. The molecule has 0 aliphatic carbocycles. The highest BCUT2D eigenvalue weighted by molar-refractivity contribution is 7.80. The molecule has 2 N–H and O–H groups in total. The van der Waals surface area contributed by atoms with E-state index in [1.807, 2.05) is 6.07 Å². The summed E-state index contributed by atoms with van der Waals surface area (Å²) in [6.07, 6.45) is 3.23. The van der Waals surface area contributed by atoms with Gasteiger partial charge in [0.15, 0.2) is 5.11 Å². The Bertz CT molecular complexity index is 499. The molecular weight excluding hydrogens is 239 g/mol. The maximum atomic E-state index is 12.9. The van der Waals surface area contributed by atoms with Gasteiger partial charge < -0.3 is 15.1 Å². The van der Waals surface area contributed by atoms with Crippen molar-refractivity contribution in [1.29, 1.82) is 0 Å². The van der Waals surface area contributed by atoms with E-state index in [4.69, 9.17) is 16.6 Å². The molecule has 1 heterocycles. The van der Waals surface area contributed by atoms with Gasteiger partial charge in [0.1, 0.15) is 5.82 Å². The summed E-state index contributed by atoms with van der Waals surface area (Å²) in [4.78, 5) is 0. The molecule has 0 saturated heterocycles. The lowest BCUT2D eigenvalue weighted by Crippen LogP contribution is -2.27. The monoisotopic (exact) mass is 250 g/mol. The van der Waals surface area contributed by atoms with E-state index in [2.05, 4.69) is 10.6 Å². The second-order valence-electron chi connectivity index (χ2n) is 3.45. The third-order valence-corrected chi connectivity index (χ3v) is 2.36. The van der Waals surface area contributed by atoms with Crippen LogP contribution in [0.15, 0.2) is 47.3 Å². The Labute approximate surface area is 104 Å². The van der Waals surface area contributed by atoms with Crippen LogP contribution >= 0.6 is 12.2 Å². The van der Waals surface area contributed by atoms with E-state index in [9.17, 15) is 4.39 Å². The van der Waals surface area contributed by atoms with E-state index in [1.54, 1.807) is 24.7 Å². The van der Waals surface area contributed by atoms with Crippen molar-refractivity contribution in [2.75, 3.05) is 5.32 Å². The van der Waals surface area contributed by atoms with E-state index in [-0.39, 0.29) is 5.82 Å². The Morgan fingerprint density at radius 3 is 2.94 bits per heavy atom. The van der Waals surface area contributed by atoms with Crippen LogP contribution < -0.4 is 10.6 Å². The lowest BCUT2D eigenvalue weighted by molar-refractivity contribution is 0.563. The zero-order valence-corrected chi connectivity index (χ0v) is 9.76. The molecule has 3 nitrogen and oxygen atoms in total. The molecule has 17 heavy (non-hydrogen) atoms. The molecule has 0 bridgehead atoms.